The van der Waals surface area contributed by atoms with Crippen LogP contribution in [-0.2, 0) is 17.7 Å². The second-order valence-electron chi connectivity index (χ2n) is 5.81. The highest BCUT2D eigenvalue weighted by Crippen LogP contribution is 2.27. The number of benzene rings is 1. The van der Waals surface area contributed by atoms with Crippen LogP contribution in [0, 0.1) is 5.92 Å². The summed E-state index contributed by atoms with van der Waals surface area (Å²) in [4.78, 5) is 2.42. The molecule has 0 aliphatic carbocycles. The normalized spacial score (nSPS) is 22.9. The molecule has 1 aromatic carbocycles. The first-order valence-electron chi connectivity index (χ1n) is 7.45. The van der Waals surface area contributed by atoms with E-state index in [1.807, 2.05) is 0 Å². The van der Waals surface area contributed by atoms with Gasteiger partial charge in [0.2, 0.25) is 0 Å². The van der Waals surface area contributed by atoms with E-state index in [-0.39, 0.29) is 0 Å². The Balaban J connectivity index is 1.73. The van der Waals surface area contributed by atoms with E-state index in [1.165, 1.54) is 29.7 Å². The van der Waals surface area contributed by atoms with Crippen LogP contribution in [0.1, 0.15) is 24.0 Å². The van der Waals surface area contributed by atoms with Crippen LogP contribution in [0.25, 0.3) is 0 Å². The molecule has 19 heavy (non-hydrogen) atoms. The van der Waals surface area contributed by atoms with Gasteiger partial charge in [-0.15, -0.1) is 0 Å². The summed E-state index contributed by atoms with van der Waals surface area (Å²) in [7, 11) is 2.22. The summed E-state index contributed by atoms with van der Waals surface area (Å²) in [5.41, 5.74) is 4.41. The van der Waals surface area contributed by atoms with Crippen molar-refractivity contribution >= 4 is 5.69 Å². The van der Waals surface area contributed by atoms with Crippen LogP contribution in [0.3, 0.4) is 0 Å². The first-order valence-corrected chi connectivity index (χ1v) is 7.45. The van der Waals surface area contributed by atoms with Crippen LogP contribution >= 0.6 is 0 Å². The molecule has 104 valence electrons. The molecule has 1 unspecified atom stereocenters. The number of nitrogens with zero attached hydrogens (tertiary/aromatic N) is 1. The van der Waals surface area contributed by atoms with Crippen molar-refractivity contribution in [3.8, 4) is 0 Å². The van der Waals surface area contributed by atoms with Gasteiger partial charge in [-0.3, -0.25) is 0 Å². The summed E-state index contributed by atoms with van der Waals surface area (Å²) in [6.45, 7) is 5.10. The highest BCUT2D eigenvalue weighted by atomic mass is 16.5. The largest absolute Gasteiger partial charge is 0.381 e. The third-order valence-corrected chi connectivity index (χ3v) is 4.32. The molecule has 2 heterocycles. The van der Waals surface area contributed by atoms with Crippen LogP contribution in [0.5, 0.6) is 0 Å². The van der Waals surface area contributed by atoms with Gasteiger partial charge in [0.25, 0.3) is 0 Å². The second-order valence-corrected chi connectivity index (χ2v) is 5.81. The first-order chi connectivity index (χ1) is 9.34. The molecule has 0 spiro atoms. The molecule has 3 heteroatoms. The predicted molar refractivity (Wildman–Crippen MR) is 78.7 cm³/mol. The lowest BCUT2D eigenvalue weighted by Gasteiger charge is -2.31. The maximum Gasteiger partial charge on any atom is 0.0511 e. The Morgan fingerprint density at radius 1 is 1.42 bits per heavy atom. The molecule has 3 rings (SSSR count). The van der Waals surface area contributed by atoms with Gasteiger partial charge in [-0.1, -0.05) is 12.1 Å². The summed E-state index contributed by atoms with van der Waals surface area (Å²) in [5, 5.41) is 3.49. The summed E-state index contributed by atoms with van der Waals surface area (Å²) in [6, 6.07) is 6.74. The molecule has 0 aromatic heterocycles. The molecular formula is C16H24N2O. The average molecular weight is 260 g/mol. The van der Waals surface area contributed by atoms with E-state index >= 15 is 0 Å². The molecule has 2 aliphatic rings. The number of rotatable bonds is 3. The fourth-order valence-electron chi connectivity index (χ4n) is 3.29. The molecule has 0 radical (unpaired) electrons. The topological polar surface area (TPSA) is 24.5 Å². The van der Waals surface area contributed by atoms with Crippen LogP contribution in [-0.4, -0.2) is 33.4 Å². The first kappa shape index (κ1) is 12.9. The quantitative estimate of drug-likeness (QED) is 0.901. The highest BCUT2D eigenvalue weighted by molar-refractivity contribution is 5.57. The van der Waals surface area contributed by atoms with Gasteiger partial charge in [0.1, 0.15) is 0 Å². The van der Waals surface area contributed by atoms with E-state index in [0.29, 0.717) is 5.92 Å². The van der Waals surface area contributed by atoms with E-state index in [4.69, 9.17) is 4.74 Å². The van der Waals surface area contributed by atoms with E-state index in [2.05, 4.69) is 35.5 Å². The average Bonchev–Trinajstić information content (AvgIpc) is 2.47. The van der Waals surface area contributed by atoms with Crippen LogP contribution in [0.15, 0.2) is 18.2 Å². The van der Waals surface area contributed by atoms with Crippen molar-refractivity contribution in [3.05, 3.63) is 29.3 Å². The van der Waals surface area contributed by atoms with Gasteiger partial charge >= 0.3 is 0 Å². The van der Waals surface area contributed by atoms with E-state index in [1.54, 1.807) is 0 Å². The molecule has 1 fully saturated rings. The fraction of sp³-hybridized carbons (Fsp3) is 0.625. The van der Waals surface area contributed by atoms with Gasteiger partial charge in [-0.05, 0) is 48.9 Å². The standard InChI is InChI=1S/C16H24N2O/c1-18(11-13-4-3-9-19-12-13)16-6-2-5-14-7-8-17-10-15(14)16/h2,5-6,13,17H,3-4,7-12H2,1H3. The number of nitrogens with one attached hydrogen (secondary N) is 1. The smallest absolute Gasteiger partial charge is 0.0511 e. The molecule has 0 bridgehead atoms. The number of ether oxygens (including phenoxy) is 1. The number of hydrogen-bond acceptors (Lipinski definition) is 3. The minimum atomic E-state index is 0.686. The Labute approximate surface area is 115 Å². The Hall–Kier alpha value is -1.06. The Morgan fingerprint density at radius 2 is 2.37 bits per heavy atom. The highest BCUT2D eigenvalue weighted by Gasteiger charge is 2.19. The van der Waals surface area contributed by atoms with E-state index < -0.39 is 0 Å². The van der Waals surface area contributed by atoms with Crippen molar-refractivity contribution in [1.82, 2.24) is 5.32 Å². The molecule has 1 aromatic rings. The lowest BCUT2D eigenvalue weighted by atomic mass is 9.97. The van der Waals surface area contributed by atoms with Crippen LogP contribution in [0.4, 0.5) is 5.69 Å². The van der Waals surface area contributed by atoms with Gasteiger partial charge in [-0.2, -0.15) is 0 Å². The molecule has 3 nitrogen and oxygen atoms in total. The molecule has 1 saturated heterocycles. The third kappa shape index (κ3) is 2.93. The van der Waals surface area contributed by atoms with Gasteiger partial charge in [0.05, 0.1) is 6.61 Å². The third-order valence-electron chi connectivity index (χ3n) is 4.32. The van der Waals surface area contributed by atoms with Gasteiger partial charge in [-0.25, -0.2) is 0 Å². The van der Waals surface area contributed by atoms with Crippen molar-refractivity contribution < 1.29 is 4.74 Å². The minimum absolute atomic E-state index is 0.686. The van der Waals surface area contributed by atoms with E-state index in [0.717, 1.165) is 39.3 Å². The summed E-state index contributed by atoms with van der Waals surface area (Å²) in [6.07, 6.45) is 3.67. The number of anilines is 1. The monoisotopic (exact) mass is 260 g/mol. The van der Waals surface area contributed by atoms with Crippen LogP contribution in [0.2, 0.25) is 0 Å². The van der Waals surface area contributed by atoms with Gasteiger partial charge in [0.15, 0.2) is 0 Å². The van der Waals surface area contributed by atoms with Crippen molar-refractivity contribution in [1.29, 1.82) is 0 Å². The van der Waals surface area contributed by atoms with Crippen molar-refractivity contribution in [3.63, 3.8) is 0 Å². The van der Waals surface area contributed by atoms with Gasteiger partial charge in [0, 0.05) is 32.4 Å². The van der Waals surface area contributed by atoms with Crippen molar-refractivity contribution in [2.24, 2.45) is 5.92 Å². The number of fused-ring (bicyclic) bond motifs is 1. The zero-order valence-corrected chi connectivity index (χ0v) is 11.8. The van der Waals surface area contributed by atoms with E-state index in [9.17, 15) is 0 Å². The van der Waals surface area contributed by atoms with Gasteiger partial charge < -0.3 is 15.0 Å². The second kappa shape index (κ2) is 5.93. The molecule has 2 aliphatic heterocycles. The minimum Gasteiger partial charge on any atom is -0.381 e. The molecular weight excluding hydrogens is 236 g/mol. The lowest BCUT2D eigenvalue weighted by molar-refractivity contribution is 0.0576. The Morgan fingerprint density at radius 3 is 3.21 bits per heavy atom. The lowest BCUT2D eigenvalue weighted by Crippen LogP contribution is -2.33. The zero-order valence-electron chi connectivity index (χ0n) is 11.8. The van der Waals surface area contributed by atoms with Crippen molar-refractivity contribution in [2.45, 2.75) is 25.8 Å². The SMILES string of the molecule is CN(CC1CCCOC1)c1cccc2c1CNCC2. The maximum atomic E-state index is 5.59. The summed E-state index contributed by atoms with van der Waals surface area (Å²) < 4.78 is 5.59. The van der Waals surface area contributed by atoms with Crippen molar-refractivity contribution in [2.75, 3.05) is 38.3 Å². The molecule has 0 saturated carbocycles. The zero-order chi connectivity index (χ0) is 13.1. The number of hydrogen-bond donors (Lipinski definition) is 1. The summed E-state index contributed by atoms with van der Waals surface area (Å²) >= 11 is 0. The predicted octanol–water partition coefficient (Wildman–Crippen LogP) is 2.20. The molecule has 1 atom stereocenters. The Kier molecular flexibility index (Phi) is 4.04. The maximum absolute atomic E-state index is 5.59. The molecule has 1 N–H and O–H groups in total. The fourth-order valence-corrected chi connectivity index (χ4v) is 3.29. The van der Waals surface area contributed by atoms with Crippen LogP contribution < -0.4 is 10.2 Å². The molecule has 0 amide bonds. The Bertz CT molecular complexity index is 427. The summed E-state index contributed by atoms with van der Waals surface area (Å²) in [5.74, 6) is 0.686.